The number of rotatable bonds is 3. The number of phenolic OH excluding ortho intramolecular Hbond substituents is 2. The number of imidazole rings is 1. The van der Waals surface area contributed by atoms with Gasteiger partial charge in [-0.25, -0.2) is 4.98 Å². The molecule has 0 aliphatic heterocycles. The normalized spacial score (nSPS) is 10.4. The van der Waals surface area contributed by atoms with Gasteiger partial charge in [-0.05, 0) is 36.4 Å². The number of nitrogens with zero attached hydrogens (tertiary/aromatic N) is 1. The van der Waals surface area contributed by atoms with Crippen molar-refractivity contribution in [3.8, 4) is 22.9 Å². The predicted octanol–water partition coefficient (Wildman–Crippen LogP) is 2.74. The van der Waals surface area contributed by atoms with Crippen molar-refractivity contribution in [1.82, 2.24) is 9.97 Å². The number of benzene rings is 2. The molecule has 0 aliphatic rings. The van der Waals surface area contributed by atoms with Crippen LogP contribution in [0.2, 0.25) is 0 Å². The number of aromatic hydroxyl groups is 2. The minimum absolute atomic E-state index is 0.0761. The lowest BCUT2D eigenvalue weighted by Crippen LogP contribution is -2.12. The largest absolute Gasteiger partial charge is 0.508 e. The van der Waals surface area contributed by atoms with Gasteiger partial charge in [0.05, 0.1) is 6.20 Å². The maximum Gasteiger partial charge on any atom is 0.273 e. The van der Waals surface area contributed by atoms with Gasteiger partial charge in [0.25, 0.3) is 5.91 Å². The molecule has 0 unspecified atom stereocenters. The SMILES string of the molecule is O=C(Nc1cccc(O)c1)c1cnc(-c2ccc(O)cc2)[nH]1. The van der Waals surface area contributed by atoms with Crippen LogP contribution in [0.25, 0.3) is 11.4 Å². The van der Waals surface area contributed by atoms with E-state index in [1.54, 1.807) is 36.4 Å². The van der Waals surface area contributed by atoms with Crippen LogP contribution in [-0.2, 0) is 0 Å². The molecular weight excluding hydrogens is 282 g/mol. The van der Waals surface area contributed by atoms with Crippen molar-refractivity contribution in [2.45, 2.75) is 0 Å². The molecule has 0 fully saturated rings. The third-order valence-electron chi connectivity index (χ3n) is 3.07. The van der Waals surface area contributed by atoms with E-state index in [0.29, 0.717) is 17.2 Å². The Kier molecular flexibility index (Phi) is 3.49. The molecule has 3 aromatic rings. The summed E-state index contributed by atoms with van der Waals surface area (Å²) in [6, 6.07) is 12.8. The van der Waals surface area contributed by atoms with Crippen LogP contribution in [0.15, 0.2) is 54.7 Å². The van der Waals surface area contributed by atoms with E-state index in [0.717, 1.165) is 5.56 Å². The van der Waals surface area contributed by atoms with Crippen LogP contribution in [-0.4, -0.2) is 26.1 Å². The third-order valence-corrected chi connectivity index (χ3v) is 3.07. The van der Waals surface area contributed by atoms with Crippen molar-refractivity contribution in [1.29, 1.82) is 0 Å². The fourth-order valence-corrected chi connectivity index (χ4v) is 1.98. The van der Waals surface area contributed by atoms with Crippen LogP contribution < -0.4 is 5.32 Å². The summed E-state index contributed by atoms with van der Waals surface area (Å²) in [5.41, 5.74) is 1.55. The van der Waals surface area contributed by atoms with Gasteiger partial charge in [0.15, 0.2) is 0 Å². The van der Waals surface area contributed by atoms with Crippen molar-refractivity contribution >= 4 is 11.6 Å². The molecule has 0 atom stereocenters. The van der Waals surface area contributed by atoms with Crippen molar-refractivity contribution < 1.29 is 15.0 Å². The minimum Gasteiger partial charge on any atom is -0.508 e. The highest BCUT2D eigenvalue weighted by Gasteiger charge is 2.11. The zero-order valence-corrected chi connectivity index (χ0v) is 11.4. The van der Waals surface area contributed by atoms with Crippen LogP contribution in [0.3, 0.4) is 0 Å². The second kappa shape index (κ2) is 5.61. The lowest BCUT2D eigenvalue weighted by Gasteiger charge is -2.03. The molecule has 0 radical (unpaired) electrons. The summed E-state index contributed by atoms with van der Waals surface area (Å²) in [5.74, 6) is 0.411. The molecule has 22 heavy (non-hydrogen) atoms. The highest BCUT2D eigenvalue weighted by molar-refractivity contribution is 6.03. The van der Waals surface area contributed by atoms with E-state index in [9.17, 15) is 15.0 Å². The predicted molar refractivity (Wildman–Crippen MR) is 81.7 cm³/mol. The first-order valence-corrected chi connectivity index (χ1v) is 6.56. The zero-order valence-electron chi connectivity index (χ0n) is 11.4. The van der Waals surface area contributed by atoms with Gasteiger partial charge in [-0.3, -0.25) is 4.79 Å². The number of hydrogen-bond donors (Lipinski definition) is 4. The summed E-state index contributed by atoms with van der Waals surface area (Å²) in [6.07, 6.45) is 1.43. The Hall–Kier alpha value is -3.28. The Labute approximate surface area is 126 Å². The number of nitrogens with one attached hydrogen (secondary N) is 2. The van der Waals surface area contributed by atoms with Gasteiger partial charge in [-0.2, -0.15) is 0 Å². The van der Waals surface area contributed by atoms with E-state index in [1.165, 1.54) is 18.3 Å². The number of anilines is 1. The van der Waals surface area contributed by atoms with E-state index >= 15 is 0 Å². The van der Waals surface area contributed by atoms with E-state index < -0.39 is 0 Å². The van der Waals surface area contributed by atoms with Crippen molar-refractivity contribution in [3.05, 3.63) is 60.4 Å². The van der Waals surface area contributed by atoms with Gasteiger partial charge in [-0.1, -0.05) is 6.07 Å². The number of carbonyl (C=O) groups is 1. The standard InChI is InChI=1S/C16H13N3O3/c20-12-6-4-10(5-7-12)15-17-9-14(19-15)16(22)18-11-2-1-3-13(21)8-11/h1-9,20-21H,(H,17,19)(H,18,22). The molecule has 0 aliphatic carbocycles. The maximum atomic E-state index is 12.1. The molecule has 3 rings (SSSR count). The van der Waals surface area contributed by atoms with Crippen molar-refractivity contribution in [2.75, 3.05) is 5.32 Å². The van der Waals surface area contributed by atoms with Gasteiger partial charge in [-0.15, -0.1) is 0 Å². The van der Waals surface area contributed by atoms with E-state index in [-0.39, 0.29) is 17.4 Å². The third kappa shape index (κ3) is 2.90. The first kappa shape index (κ1) is 13.7. The first-order valence-electron chi connectivity index (χ1n) is 6.56. The van der Waals surface area contributed by atoms with Crippen LogP contribution in [0, 0.1) is 0 Å². The molecule has 6 nitrogen and oxygen atoms in total. The summed E-state index contributed by atoms with van der Waals surface area (Å²) < 4.78 is 0. The summed E-state index contributed by atoms with van der Waals surface area (Å²) in [6.45, 7) is 0. The smallest absolute Gasteiger partial charge is 0.273 e. The lowest BCUT2D eigenvalue weighted by molar-refractivity contribution is 0.102. The van der Waals surface area contributed by atoms with Gasteiger partial charge in [0.1, 0.15) is 23.0 Å². The number of carbonyl (C=O) groups excluding carboxylic acids is 1. The summed E-state index contributed by atoms with van der Waals surface area (Å²) in [4.78, 5) is 19.2. The number of amides is 1. The number of H-pyrrole nitrogens is 1. The Morgan fingerprint density at radius 3 is 2.55 bits per heavy atom. The number of hydrogen-bond acceptors (Lipinski definition) is 4. The fourth-order valence-electron chi connectivity index (χ4n) is 1.98. The average Bonchev–Trinajstić information content (AvgIpc) is 2.98. The number of phenols is 2. The second-order valence-electron chi connectivity index (χ2n) is 4.70. The Bertz CT molecular complexity index is 810. The highest BCUT2D eigenvalue weighted by Crippen LogP contribution is 2.20. The molecule has 1 aromatic heterocycles. The van der Waals surface area contributed by atoms with Crippen LogP contribution in [0.1, 0.15) is 10.5 Å². The van der Waals surface area contributed by atoms with E-state index in [4.69, 9.17) is 0 Å². The van der Waals surface area contributed by atoms with Gasteiger partial charge >= 0.3 is 0 Å². The molecule has 2 aromatic carbocycles. The quantitative estimate of drug-likeness (QED) is 0.597. The van der Waals surface area contributed by atoms with Crippen molar-refractivity contribution in [2.24, 2.45) is 0 Å². The van der Waals surface area contributed by atoms with E-state index in [1.807, 2.05) is 0 Å². The number of aromatic amines is 1. The topological polar surface area (TPSA) is 98.2 Å². The Morgan fingerprint density at radius 1 is 1.05 bits per heavy atom. The Morgan fingerprint density at radius 2 is 1.82 bits per heavy atom. The summed E-state index contributed by atoms with van der Waals surface area (Å²) in [5, 5.41) is 21.3. The minimum atomic E-state index is -0.358. The van der Waals surface area contributed by atoms with Crippen molar-refractivity contribution in [3.63, 3.8) is 0 Å². The molecule has 1 amide bonds. The molecule has 4 N–H and O–H groups in total. The lowest BCUT2D eigenvalue weighted by atomic mass is 10.2. The maximum absolute atomic E-state index is 12.1. The molecule has 0 saturated carbocycles. The molecule has 1 heterocycles. The molecule has 0 spiro atoms. The molecule has 6 heteroatoms. The van der Waals surface area contributed by atoms with Gasteiger partial charge < -0.3 is 20.5 Å². The first-order chi connectivity index (χ1) is 10.6. The van der Waals surface area contributed by atoms with Crippen LogP contribution in [0.4, 0.5) is 5.69 Å². The molecule has 0 bridgehead atoms. The average molecular weight is 295 g/mol. The summed E-state index contributed by atoms with van der Waals surface area (Å²) in [7, 11) is 0. The molecule has 0 saturated heterocycles. The molecular formula is C16H13N3O3. The summed E-state index contributed by atoms with van der Waals surface area (Å²) >= 11 is 0. The van der Waals surface area contributed by atoms with Gasteiger partial charge in [0.2, 0.25) is 0 Å². The van der Waals surface area contributed by atoms with Crippen LogP contribution >= 0.6 is 0 Å². The molecule has 110 valence electrons. The monoisotopic (exact) mass is 295 g/mol. The Balaban J connectivity index is 1.78. The zero-order chi connectivity index (χ0) is 15.5. The number of aromatic nitrogens is 2. The van der Waals surface area contributed by atoms with E-state index in [2.05, 4.69) is 15.3 Å². The fraction of sp³-hybridized carbons (Fsp3) is 0. The van der Waals surface area contributed by atoms with Gasteiger partial charge in [0, 0.05) is 17.3 Å². The second-order valence-corrected chi connectivity index (χ2v) is 4.70. The van der Waals surface area contributed by atoms with Crippen LogP contribution in [0.5, 0.6) is 11.5 Å². The highest BCUT2D eigenvalue weighted by atomic mass is 16.3.